The molecule has 0 saturated carbocycles. The van der Waals surface area contributed by atoms with E-state index in [-0.39, 0.29) is 12.0 Å². The first-order valence-electron chi connectivity index (χ1n) is 8.77. The van der Waals surface area contributed by atoms with Crippen LogP contribution in [0.3, 0.4) is 0 Å². The van der Waals surface area contributed by atoms with Crippen LogP contribution in [0, 0.1) is 0 Å². The van der Waals surface area contributed by atoms with Crippen molar-refractivity contribution in [3.05, 3.63) is 47.8 Å². The van der Waals surface area contributed by atoms with Gasteiger partial charge < -0.3 is 9.64 Å². The van der Waals surface area contributed by atoms with Gasteiger partial charge in [-0.2, -0.15) is 5.10 Å². The Morgan fingerprint density at radius 3 is 2.79 bits per heavy atom. The Kier molecular flexibility index (Phi) is 5.30. The molecule has 1 atom stereocenters. The molecule has 1 amide bonds. The van der Waals surface area contributed by atoms with Gasteiger partial charge in [0, 0.05) is 19.7 Å². The summed E-state index contributed by atoms with van der Waals surface area (Å²) in [6.45, 7) is 6.22. The molecule has 0 N–H and O–H groups in total. The molecule has 0 aliphatic carbocycles. The molecule has 5 heteroatoms. The van der Waals surface area contributed by atoms with Gasteiger partial charge >= 0.3 is 0 Å². The molecule has 1 aromatic carbocycles. The highest BCUT2D eigenvalue weighted by molar-refractivity contribution is 5.95. The van der Waals surface area contributed by atoms with Gasteiger partial charge in [0.15, 0.2) is 0 Å². The van der Waals surface area contributed by atoms with Crippen LogP contribution >= 0.6 is 0 Å². The van der Waals surface area contributed by atoms with Crippen LogP contribution in [0.4, 0.5) is 0 Å². The van der Waals surface area contributed by atoms with E-state index in [1.807, 2.05) is 46.8 Å². The Bertz CT molecular complexity index is 679. The fourth-order valence-corrected chi connectivity index (χ4v) is 3.35. The quantitative estimate of drug-likeness (QED) is 0.848. The van der Waals surface area contributed by atoms with Crippen LogP contribution < -0.4 is 0 Å². The zero-order valence-electron chi connectivity index (χ0n) is 14.4. The standard InChI is InChI=1S/C19H25N3O2/c1-3-18-17(13-20-22(18)15-9-6-5-7-10-15)19(23)21-12-8-11-16(14-21)24-4-2/h5-7,9-10,13,16H,3-4,8,11-12,14H2,1-2H3/t16-/m0/s1. The van der Waals surface area contributed by atoms with Crippen molar-refractivity contribution in [2.75, 3.05) is 19.7 Å². The molecule has 128 valence electrons. The molecule has 1 saturated heterocycles. The average Bonchev–Trinajstić information content (AvgIpc) is 3.06. The Balaban J connectivity index is 1.84. The second-order valence-electron chi connectivity index (χ2n) is 6.08. The molecule has 1 aliphatic rings. The van der Waals surface area contributed by atoms with E-state index in [2.05, 4.69) is 12.0 Å². The molecule has 24 heavy (non-hydrogen) atoms. The van der Waals surface area contributed by atoms with Gasteiger partial charge in [-0.1, -0.05) is 25.1 Å². The summed E-state index contributed by atoms with van der Waals surface area (Å²) in [5.74, 6) is 0.0680. The zero-order chi connectivity index (χ0) is 16.9. The number of amides is 1. The van der Waals surface area contributed by atoms with Crippen molar-refractivity contribution in [1.82, 2.24) is 14.7 Å². The molecule has 5 nitrogen and oxygen atoms in total. The lowest BCUT2D eigenvalue weighted by Crippen LogP contribution is -2.43. The maximum Gasteiger partial charge on any atom is 0.257 e. The number of rotatable bonds is 5. The number of hydrogen-bond acceptors (Lipinski definition) is 3. The third kappa shape index (κ3) is 3.36. The van der Waals surface area contributed by atoms with Crippen molar-refractivity contribution in [2.45, 2.75) is 39.2 Å². The third-order valence-electron chi connectivity index (χ3n) is 4.50. The highest BCUT2D eigenvalue weighted by atomic mass is 16.5. The van der Waals surface area contributed by atoms with Crippen molar-refractivity contribution >= 4 is 5.91 Å². The van der Waals surface area contributed by atoms with Crippen molar-refractivity contribution in [3.8, 4) is 5.69 Å². The number of likely N-dealkylation sites (tertiary alicyclic amines) is 1. The smallest absolute Gasteiger partial charge is 0.257 e. The summed E-state index contributed by atoms with van der Waals surface area (Å²) in [6, 6.07) is 9.95. The Morgan fingerprint density at radius 2 is 2.08 bits per heavy atom. The van der Waals surface area contributed by atoms with E-state index >= 15 is 0 Å². The SMILES string of the molecule is CCO[C@H]1CCCN(C(=O)c2cnn(-c3ccccc3)c2CC)C1. The molecule has 0 radical (unpaired) electrons. The van der Waals surface area contributed by atoms with Crippen LogP contribution in [0.2, 0.25) is 0 Å². The summed E-state index contributed by atoms with van der Waals surface area (Å²) < 4.78 is 7.59. The number of aromatic nitrogens is 2. The highest BCUT2D eigenvalue weighted by Gasteiger charge is 2.27. The number of hydrogen-bond donors (Lipinski definition) is 0. The summed E-state index contributed by atoms with van der Waals surface area (Å²) in [5.41, 5.74) is 2.66. The maximum atomic E-state index is 13.0. The molecule has 1 aromatic heterocycles. The van der Waals surface area contributed by atoms with Crippen LogP contribution in [0.1, 0.15) is 42.7 Å². The van der Waals surface area contributed by atoms with Crippen molar-refractivity contribution in [3.63, 3.8) is 0 Å². The Morgan fingerprint density at radius 1 is 1.29 bits per heavy atom. The van der Waals surface area contributed by atoms with Crippen molar-refractivity contribution in [1.29, 1.82) is 0 Å². The lowest BCUT2D eigenvalue weighted by atomic mass is 10.1. The molecule has 1 fully saturated rings. The van der Waals surface area contributed by atoms with Gasteiger partial charge in [0.1, 0.15) is 0 Å². The van der Waals surface area contributed by atoms with Gasteiger partial charge in [0.05, 0.1) is 29.2 Å². The fourth-order valence-electron chi connectivity index (χ4n) is 3.35. The molecular weight excluding hydrogens is 302 g/mol. The largest absolute Gasteiger partial charge is 0.377 e. The Hall–Kier alpha value is -2.14. The fraction of sp³-hybridized carbons (Fsp3) is 0.474. The minimum absolute atomic E-state index is 0.0680. The maximum absolute atomic E-state index is 13.0. The lowest BCUT2D eigenvalue weighted by Gasteiger charge is -2.32. The average molecular weight is 327 g/mol. The van der Waals surface area contributed by atoms with Gasteiger partial charge in [-0.25, -0.2) is 4.68 Å². The molecule has 0 bridgehead atoms. The summed E-state index contributed by atoms with van der Waals surface area (Å²) in [6.07, 6.45) is 4.64. The highest BCUT2D eigenvalue weighted by Crippen LogP contribution is 2.20. The van der Waals surface area contributed by atoms with E-state index in [9.17, 15) is 4.79 Å². The number of ether oxygens (including phenoxy) is 1. The zero-order valence-corrected chi connectivity index (χ0v) is 14.4. The molecule has 0 unspecified atom stereocenters. The molecule has 3 rings (SSSR count). The minimum Gasteiger partial charge on any atom is -0.377 e. The van der Waals surface area contributed by atoms with E-state index in [0.29, 0.717) is 18.7 Å². The van der Waals surface area contributed by atoms with E-state index in [1.54, 1.807) is 6.20 Å². The van der Waals surface area contributed by atoms with E-state index < -0.39 is 0 Å². The number of nitrogens with zero attached hydrogens (tertiary/aromatic N) is 3. The Labute approximate surface area is 143 Å². The second-order valence-corrected chi connectivity index (χ2v) is 6.08. The molecule has 1 aliphatic heterocycles. The van der Waals surface area contributed by atoms with E-state index in [4.69, 9.17) is 4.74 Å². The topological polar surface area (TPSA) is 47.4 Å². The van der Waals surface area contributed by atoms with Gasteiger partial charge in [-0.05, 0) is 38.3 Å². The summed E-state index contributed by atoms with van der Waals surface area (Å²) in [4.78, 5) is 14.9. The molecular formula is C19H25N3O2. The van der Waals surface area contributed by atoms with Crippen LogP contribution in [-0.4, -0.2) is 46.4 Å². The van der Waals surface area contributed by atoms with Gasteiger partial charge in [0.25, 0.3) is 5.91 Å². The summed E-state index contributed by atoms with van der Waals surface area (Å²) in [5, 5.41) is 4.47. The first-order valence-corrected chi connectivity index (χ1v) is 8.77. The summed E-state index contributed by atoms with van der Waals surface area (Å²) >= 11 is 0. The van der Waals surface area contributed by atoms with Crippen LogP contribution in [-0.2, 0) is 11.2 Å². The predicted octanol–water partition coefficient (Wildman–Crippen LogP) is 3.08. The third-order valence-corrected chi connectivity index (χ3v) is 4.50. The van der Waals surface area contributed by atoms with E-state index in [1.165, 1.54) is 0 Å². The second kappa shape index (κ2) is 7.62. The minimum atomic E-state index is 0.0680. The first kappa shape index (κ1) is 16.7. The van der Waals surface area contributed by atoms with Crippen LogP contribution in [0.5, 0.6) is 0 Å². The first-order chi connectivity index (χ1) is 11.7. The number of benzene rings is 1. The van der Waals surface area contributed by atoms with Gasteiger partial charge in [-0.3, -0.25) is 4.79 Å². The number of carbonyl (C=O) groups is 1. The number of carbonyl (C=O) groups excluding carboxylic acids is 1. The number of para-hydroxylation sites is 1. The monoisotopic (exact) mass is 327 g/mol. The normalized spacial score (nSPS) is 17.9. The van der Waals surface area contributed by atoms with Gasteiger partial charge in [0.2, 0.25) is 0 Å². The number of piperidine rings is 1. The van der Waals surface area contributed by atoms with Crippen LogP contribution in [0.15, 0.2) is 36.5 Å². The lowest BCUT2D eigenvalue weighted by molar-refractivity contribution is 0.00720. The predicted molar refractivity (Wildman–Crippen MR) is 93.5 cm³/mol. The molecule has 2 aromatic rings. The van der Waals surface area contributed by atoms with Crippen LogP contribution in [0.25, 0.3) is 5.69 Å². The molecule has 2 heterocycles. The summed E-state index contributed by atoms with van der Waals surface area (Å²) in [7, 11) is 0. The van der Waals surface area contributed by atoms with Crippen molar-refractivity contribution < 1.29 is 9.53 Å². The van der Waals surface area contributed by atoms with E-state index in [0.717, 1.165) is 37.2 Å². The van der Waals surface area contributed by atoms with Crippen molar-refractivity contribution in [2.24, 2.45) is 0 Å². The van der Waals surface area contributed by atoms with Gasteiger partial charge in [-0.15, -0.1) is 0 Å². The molecule has 0 spiro atoms.